The highest BCUT2D eigenvalue weighted by Crippen LogP contribution is 2.35. The van der Waals surface area contributed by atoms with Crippen molar-refractivity contribution >= 4 is 50.7 Å². The van der Waals surface area contributed by atoms with E-state index in [4.69, 9.17) is 23.2 Å². The van der Waals surface area contributed by atoms with Crippen LogP contribution >= 0.6 is 23.2 Å². The molecular formula is C35H37Cl2N3O4S. The molecule has 236 valence electrons. The summed E-state index contributed by atoms with van der Waals surface area (Å²) >= 11 is 12.9. The molecule has 0 aliphatic carbocycles. The van der Waals surface area contributed by atoms with Crippen molar-refractivity contribution < 1.29 is 18.0 Å². The molecule has 0 radical (unpaired) electrons. The van der Waals surface area contributed by atoms with E-state index in [0.717, 1.165) is 21.0 Å². The van der Waals surface area contributed by atoms with E-state index in [1.165, 1.54) is 23.1 Å². The van der Waals surface area contributed by atoms with Crippen LogP contribution in [0.1, 0.15) is 30.5 Å². The van der Waals surface area contributed by atoms with E-state index >= 15 is 0 Å². The fourth-order valence-electron chi connectivity index (χ4n) is 4.79. The molecule has 7 nitrogen and oxygen atoms in total. The maximum Gasteiger partial charge on any atom is 0.264 e. The zero-order valence-corrected chi connectivity index (χ0v) is 27.8. The largest absolute Gasteiger partial charge is 0.354 e. The third-order valence-corrected chi connectivity index (χ3v) is 9.82. The van der Waals surface area contributed by atoms with Gasteiger partial charge in [0.15, 0.2) is 0 Å². The SMILES string of the molecule is Cc1ccc(S(=O)(=O)N(CC(=O)N(Cc2ccccc2)C(Cc2ccccc2)C(=O)NCC(C)C)c2cccc(Cl)c2Cl)cc1. The molecule has 10 heteroatoms. The summed E-state index contributed by atoms with van der Waals surface area (Å²) in [6.45, 7) is 5.71. The molecule has 0 aromatic heterocycles. The van der Waals surface area contributed by atoms with Crippen molar-refractivity contribution in [2.45, 2.75) is 44.7 Å². The van der Waals surface area contributed by atoms with Gasteiger partial charge < -0.3 is 10.2 Å². The van der Waals surface area contributed by atoms with Gasteiger partial charge in [-0.1, -0.05) is 121 Å². The Bertz CT molecular complexity index is 1700. The number of hydrogen-bond acceptors (Lipinski definition) is 4. The Kier molecular flexibility index (Phi) is 11.7. The molecule has 1 N–H and O–H groups in total. The van der Waals surface area contributed by atoms with Gasteiger partial charge >= 0.3 is 0 Å². The van der Waals surface area contributed by atoms with Crippen molar-refractivity contribution in [3.63, 3.8) is 0 Å². The fraction of sp³-hybridized carbons (Fsp3) is 0.257. The van der Waals surface area contributed by atoms with Gasteiger partial charge in [0.05, 0.1) is 20.6 Å². The summed E-state index contributed by atoms with van der Waals surface area (Å²) in [6, 6.07) is 28.7. The van der Waals surface area contributed by atoms with Gasteiger partial charge in [-0.2, -0.15) is 0 Å². The molecule has 0 saturated heterocycles. The van der Waals surface area contributed by atoms with Gasteiger partial charge in [-0.3, -0.25) is 13.9 Å². The molecule has 1 unspecified atom stereocenters. The number of rotatable bonds is 13. The molecule has 0 aliphatic heterocycles. The number of sulfonamides is 1. The molecule has 4 rings (SSSR count). The van der Waals surface area contributed by atoms with Crippen LogP contribution in [0.2, 0.25) is 10.0 Å². The molecule has 0 fully saturated rings. The number of hydrogen-bond donors (Lipinski definition) is 1. The molecule has 0 aliphatic rings. The van der Waals surface area contributed by atoms with Gasteiger partial charge in [-0.15, -0.1) is 0 Å². The van der Waals surface area contributed by atoms with Crippen LogP contribution in [0.25, 0.3) is 0 Å². The Labute approximate surface area is 275 Å². The molecular weight excluding hydrogens is 629 g/mol. The molecule has 0 bridgehead atoms. The Morgan fingerprint density at radius 1 is 0.800 bits per heavy atom. The summed E-state index contributed by atoms with van der Waals surface area (Å²) < 4.78 is 29.3. The Hall–Kier alpha value is -3.85. The second kappa shape index (κ2) is 15.4. The van der Waals surface area contributed by atoms with Gasteiger partial charge in [0, 0.05) is 19.5 Å². The first kappa shape index (κ1) is 34.0. The molecule has 2 amide bonds. The molecule has 4 aromatic rings. The van der Waals surface area contributed by atoms with Crippen molar-refractivity contribution in [3.8, 4) is 0 Å². The van der Waals surface area contributed by atoms with E-state index in [-0.39, 0.29) is 45.4 Å². The van der Waals surface area contributed by atoms with Crippen LogP contribution in [0.3, 0.4) is 0 Å². The van der Waals surface area contributed by atoms with Crippen LogP contribution in [-0.4, -0.2) is 44.3 Å². The fourth-order valence-corrected chi connectivity index (χ4v) is 6.67. The predicted molar refractivity (Wildman–Crippen MR) is 181 cm³/mol. The smallest absolute Gasteiger partial charge is 0.264 e. The van der Waals surface area contributed by atoms with Gasteiger partial charge in [-0.05, 0) is 48.2 Å². The molecule has 45 heavy (non-hydrogen) atoms. The second-order valence-electron chi connectivity index (χ2n) is 11.2. The van der Waals surface area contributed by atoms with Crippen molar-refractivity contribution in [1.82, 2.24) is 10.2 Å². The van der Waals surface area contributed by atoms with Gasteiger partial charge in [0.2, 0.25) is 11.8 Å². The minimum Gasteiger partial charge on any atom is -0.354 e. The summed E-state index contributed by atoms with van der Waals surface area (Å²) in [5.74, 6) is -0.721. The van der Waals surface area contributed by atoms with Crippen molar-refractivity contribution in [1.29, 1.82) is 0 Å². The lowest BCUT2D eigenvalue weighted by molar-refractivity contribution is -0.140. The van der Waals surface area contributed by atoms with Crippen LogP contribution < -0.4 is 9.62 Å². The summed E-state index contributed by atoms with van der Waals surface area (Å²) in [4.78, 5) is 29.8. The minimum absolute atomic E-state index is 0.00669. The highest BCUT2D eigenvalue weighted by atomic mass is 35.5. The number of carbonyl (C=O) groups excluding carboxylic acids is 2. The zero-order chi connectivity index (χ0) is 32.6. The molecule has 1 atom stereocenters. The zero-order valence-electron chi connectivity index (χ0n) is 25.5. The van der Waals surface area contributed by atoms with E-state index in [0.29, 0.717) is 6.54 Å². The number of amides is 2. The van der Waals surface area contributed by atoms with E-state index < -0.39 is 28.5 Å². The second-order valence-corrected chi connectivity index (χ2v) is 13.9. The van der Waals surface area contributed by atoms with E-state index in [1.54, 1.807) is 24.3 Å². The molecule has 4 aromatic carbocycles. The average molecular weight is 667 g/mol. The van der Waals surface area contributed by atoms with Crippen molar-refractivity contribution in [2.75, 3.05) is 17.4 Å². The number of nitrogens with zero attached hydrogens (tertiary/aromatic N) is 2. The summed E-state index contributed by atoms with van der Waals surface area (Å²) in [7, 11) is -4.30. The lowest BCUT2D eigenvalue weighted by Crippen LogP contribution is -2.53. The monoisotopic (exact) mass is 665 g/mol. The summed E-state index contributed by atoms with van der Waals surface area (Å²) in [6.07, 6.45) is 0.228. The number of benzene rings is 4. The first-order chi connectivity index (χ1) is 21.5. The quantitative estimate of drug-likeness (QED) is 0.168. The molecule has 0 spiro atoms. The topological polar surface area (TPSA) is 86.8 Å². The summed E-state index contributed by atoms with van der Waals surface area (Å²) in [5.41, 5.74) is 2.58. The van der Waals surface area contributed by atoms with Crippen molar-refractivity contribution in [3.05, 3.63) is 130 Å². The maximum atomic E-state index is 14.5. The van der Waals surface area contributed by atoms with Crippen LogP contribution in [0.4, 0.5) is 5.69 Å². The average Bonchev–Trinajstić information content (AvgIpc) is 3.03. The third-order valence-electron chi connectivity index (χ3n) is 7.24. The summed E-state index contributed by atoms with van der Waals surface area (Å²) in [5, 5.41) is 3.12. The minimum atomic E-state index is -4.30. The van der Waals surface area contributed by atoms with Crippen LogP contribution in [0.15, 0.2) is 108 Å². The Morgan fingerprint density at radius 3 is 2.00 bits per heavy atom. The van der Waals surface area contributed by atoms with Crippen LogP contribution in [-0.2, 0) is 32.6 Å². The van der Waals surface area contributed by atoms with Crippen molar-refractivity contribution in [2.24, 2.45) is 5.92 Å². The van der Waals surface area contributed by atoms with Gasteiger partial charge in [-0.25, -0.2) is 8.42 Å². The van der Waals surface area contributed by atoms with Crippen LogP contribution in [0.5, 0.6) is 0 Å². The number of carbonyl (C=O) groups is 2. The predicted octanol–water partition coefficient (Wildman–Crippen LogP) is 6.91. The standard InChI is InChI=1S/C35H37Cl2N3O4S/c1-25(2)22-38-35(42)32(21-27-11-6-4-7-12-27)39(23-28-13-8-5-9-14-28)33(41)24-40(31-16-10-15-30(36)34(31)37)45(43,44)29-19-17-26(3)18-20-29/h4-20,25,32H,21-24H2,1-3H3,(H,38,42). The highest BCUT2D eigenvalue weighted by molar-refractivity contribution is 7.92. The highest BCUT2D eigenvalue weighted by Gasteiger charge is 2.35. The van der Waals surface area contributed by atoms with Gasteiger partial charge in [0.25, 0.3) is 10.0 Å². The lowest BCUT2D eigenvalue weighted by Gasteiger charge is -2.34. The molecule has 0 heterocycles. The van der Waals surface area contributed by atoms with E-state index in [2.05, 4.69) is 5.32 Å². The van der Waals surface area contributed by atoms with Gasteiger partial charge in [0.1, 0.15) is 12.6 Å². The number of nitrogens with one attached hydrogen (secondary N) is 1. The first-order valence-electron chi connectivity index (χ1n) is 14.7. The lowest BCUT2D eigenvalue weighted by atomic mass is 10.0. The number of aryl methyl sites for hydroxylation is 1. The molecule has 0 saturated carbocycles. The Balaban J connectivity index is 1.81. The van der Waals surface area contributed by atoms with E-state index in [1.807, 2.05) is 81.4 Å². The number of anilines is 1. The van der Waals surface area contributed by atoms with E-state index in [9.17, 15) is 18.0 Å². The third kappa shape index (κ3) is 8.87. The normalized spacial score (nSPS) is 12.0. The van der Waals surface area contributed by atoms with Crippen LogP contribution in [0, 0.1) is 12.8 Å². The number of halogens is 2. The maximum absolute atomic E-state index is 14.5. The Morgan fingerprint density at radius 2 is 1.40 bits per heavy atom. The first-order valence-corrected chi connectivity index (χ1v) is 16.9.